The fourth-order valence-electron chi connectivity index (χ4n) is 2.94. The largest absolute Gasteiger partial charge is 0.464 e. The predicted molar refractivity (Wildman–Crippen MR) is 84.2 cm³/mol. The van der Waals surface area contributed by atoms with Crippen molar-refractivity contribution in [2.45, 2.75) is 45.6 Å². The second-order valence-corrected chi connectivity index (χ2v) is 6.23. The van der Waals surface area contributed by atoms with Gasteiger partial charge in [0.15, 0.2) is 0 Å². The number of esters is 2. The van der Waals surface area contributed by atoms with E-state index in [-0.39, 0.29) is 6.42 Å². The lowest BCUT2D eigenvalue weighted by atomic mass is 9.95. The van der Waals surface area contributed by atoms with Crippen LogP contribution in [0.15, 0.2) is 22.8 Å². The Labute approximate surface area is 134 Å². The quantitative estimate of drug-likeness (QED) is 0.810. The smallest absolute Gasteiger partial charge is 0.347 e. The van der Waals surface area contributed by atoms with Gasteiger partial charge < -0.3 is 13.9 Å². The van der Waals surface area contributed by atoms with Crippen molar-refractivity contribution in [3.63, 3.8) is 0 Å². The molecule has 0 bridgehead atoms. The molecule has 1 saturated heterocycles. The lowest BCUT2D eigenvalue weighted by Crippen LogP contribution is -2.23. The van der Waals surface area contributed by atoms with E-state index in [1.807, 2.05) is 6.07 Å². The maximum atomic E-state index is 12.1. The molecule has 5 nitrogen and oxygen atoms in total. The van der Waals surface area contributed by atoms with Crippen LogP contribution in [0.1, 0.15) is 42.9 Å². The molecule has 3 rings (SSSR count). The fourth-order valence-corrected chi connectivity index (χ4v) is 2.94. The van der Waals surface area contributed by atoms with E-state index in [9.17, 15) is 9.59 Å². The van der Waals surface area contributed by atoms with Crippen LogP contribution in [0.25, 0.3) is 11.0 Å². The van der Waals surface area contributed by atoms with Crippen LogP contribution in [0.5, 0.6) is 0 Å². The van der Waals surface area contributed by atoms with Crippen molar-refractivity contribution in [3.8, 4) is 0 Å². The first-order valence-corrected chi connectivity index (χ1v) is 7.82. The standard InChI is InChI=1S/C18H20O5/c1-10(2)13-8-14-12(9-22-16(14)6-11(13)3)7-17(19)23-15-4-5-21-18(15)20/h6,8-10,15H,4-5,7H2,1-3H3/t15-/m0/s1. The van der Waals surface area contributed by atoms with Crippen LogP contribution in [-0.4, -0.2) is 24.6 Å². The van der Waals surface area contributed by atoms with Crippen molar-refractivity contribution in [1.29, 1.82) is 0 Å². The molecule has 0 N–H and O–H groups in total. The Bertz CT molecular complexity index is 756. The maximum absolute atomic E-state index is 12.1. The molecule has 0 unspecified atom stereocenters. The molecule has 1 aliphatic heterocycles. The number of fused-ring (bicyclic) bond motifs is 1. The van der Waals surface area contributed by atoms with Gasteiger partial charge in [-0.1, -0.05) is 13.8 Å². The van der Waals surface area contributed by atoms with Crippen LogP contribution in [-0.2, 0) is 25.5 Å². The summed E-state index contributed by atoms with van der Waals surface area (Å²) in [6.45, 7) is 6.63. The second kappa shape index (κ2) is 6.07. The van der Waals surface area contributed by atoms with Crippen LogP contribution in [0.3, 0.4) is 0 Å². The molecule has 1 atom stereocenters. The van der Waals surface area contributed by atoms with Gasteiger partial charge in [0.05, 0.1) is 19.3 Å². The Hall–Kier alpha value is -2.30. The molecule has 1 aromatic heterocycles. The van der Waals surface area contributed by atoms with Crippen LogP contribution >= 0.6 is 0 Å². The average molecular weight is 316 g/mol. The van der Waals surface area contributed by atoms with Crippen LogP contribution in [0.4, 0.5) is 0 Å². The summed E-state index contributed by atoms with van der Waals surface area (Å²) in [5.74, 6) is -0.515. The van der Waals surface area contributed by atoms with Gasteiger partial charge in [-0.3, -0.25) is 4.79 Å². The maximum Gasteiger partial charge on any atom is 0.347 e. The minimum absolute atomic E-state index is 0.0807. The van der Waals surface area contributed by atoms with Gasteiger partial charge in [0.1, 0.15) is 5.58 Å². The van der Waals surface area contributed by atoms with E-state index < -0.39 is 18.0 Å². The Balaban J connectivity index is 1.81. The third-order valence-corrected chi connectivity index (χ3v) is 4.16. The highest BCUT2D eigenvalue weighted by atomic mass is 16.6. The molecule has 1 aromatic carbocycles. The number of carbonyl (C=O) groups is 2. The van der Waals surface area contributed by atoms with E-state index in [2.05, 4.69) is 26.8 Å². The lowest BCUT2D eigenvalue weighted by Gasteiger charge is -2.10. The van der Waals surface area contributed by atoms with Crippen molar-refractivity contribution in [2.75, 3.05) is 6.61 Å². The number of hydrogen-bond donors (Lipinski definition) is 0. The number of benzene rings is 1. The summed E-state index contributed by atoms with van der Waals surface area (Å²) in [5, 5.41) is 0.922. The van der Waals surface area contributed by atoms with Gasteiger partial charge in [-0.25, -0.2) is 4.79 Å². The molecule has 0 saturated carbocycles. The highest BCUT2D eigenvalue weighted by Gasteiger charge is 2.30. The number of cyclic esters (lactones) is 1. The highest BCUT2D eigenvalue weighted by Crippen LogP contribution is 2.29. The first-order chi connectivity index (χ1) is 11.0. The zero-order valence-electron chi connectivity index (χ0n) is 13.5. The summed E-state index contributed by atoms with van der Waals surface area (Å²) in [7, 11) is 0. The summed E-state index contributed by atoms with van der Waals surface area (Å²) >= 11 is 0. The van der Waals surface area contributed by atoms with Gasteiger partial charge in [-0.15, -0.1) is 0 Å². The van der Waals surface area contributed by atoms with Gasteiger partial charge in [0.25, 0.3) is 0 Å². The van der Waals surface area contributed by atoms with Crippen LogP contribution in [0.2, 0.25) is 0 Å². The van der Waals surface area contributed by atoms with Crippen molar-refractivity contribution in [1.82, 2.24) is 0 Å². The van der Waals surface area contributed by atoms with Gasteiger partial charge >= 0.3 is 11.9 Å². The third-order valence-electron chi connectivity index (χ3n) is 4.16. The minimum Gasteiger partial charge on any atom is -0.464 e. The molecule has 0 aliphatic carbocycles. The summed E-state index contributed by atoms with van der Waals surface area (Å²) in [6.07, 6.45) is 1.32. The van der Waals surface area contributed by atoms with Crippen molar-refractivity contribution in [3.05, 3.63) is 35.1 Å². The number of aryl methyl sites for hydroxylation is 1. The van der Waals surface area contributed by atoms with E-state index in [1.165, 1.54) is 11.1 Å². The molecule has 1 aliphatic rings. The minimum atomic E-state index is -0.769. The van der Waals surface area contributed by atoms with E-state index in [0.717, 1.165) is 16.5 Å². The molecular formula is C18H20O5. The Morgan fingerprint density at radius 3 is 2.83 bits per heavy atom. The average Bonchev–Trinajstić information content (AvgIpc) is 3.05. The highest BCUT2D eigenvalue weighted by molar-refractivity contribution is 5.88. The van der Waals surface area contributed by atoms with Crippen molar-refractivity contribution < 1.29 is 23.5 Å². The summed E-state index contributed by atoms with van der Waals surface area (Å²) < 4.78 is 15.5. The fraction of sp³-hybridized carbons (Fsp3) is 0.444. The molecule has 0 spiro atoms. The lowest BCUT2D eigenvalue weighted by molar-refractivity contribution is -0.159. The molecule has 23 heavy (non-hydrogen) atoms. The summed E-state index contributed by atoms with van der Waals surface area (Å²) in [5.41, 5.74) is 3.94. The SMILES string of the molecule is Cc1cc2occ(CC(=O)O[C@H]3CCOC3=O)c2cc1C(C)C. The topological polar surface area (TPSA) is 65.7 Å². The molecule has 0 amide bonds. The number of ether oxygens (including phenoxy) is 2. The molecule has 1 fully saturated rings. The van der Waals surface area contributed by atoms with Crippen molar-refractivity contribution >= 4 is 22.9 Å². The Kier molecular flexibility index (Phi) is 4.11. The first kappa shape index (κ1) is 15.6. The zero-order chi connectivity index (χ0) is 16.6. The normalized spacial score (nSPS) is 17.7. The van der Waals surface area contributed by atoms with E-state index >= 15 is 0 Å². The first-order valence-electron chi connectivity index (χ1n) is 7.82. The summed E-state index contributed by atoms with van der Waals surface area (Å²) in [4.78, 5) is 23.4. The summed E-state index contributed by atoms with van der Waals surface area (Å²) in [6, 6.07) is 4.07. The number of carbonyl (C=O) groups excluding carboxylic acids is 2. The molecule has 5 heteroatoms. The number of rotatable bonds is 4. The number of hydrogen-bond acceptors (Lipinski definition) is 5. The van der Waals surface area contributed by atoms with Crippen molar-refractivity contribution in [2.24, 2.45) is 0 Å². The predicted octanol–water partition coefficient (Wildman–Crippen LogP) is 3.27. The second-order valence-electron chi connectivity index (χ2n) is 6.23. The van der Waals surface area contributed by atoms with Gasteiger partial charge in [0, 0.05) is 17.4 Å². The monoisotopic (exact) mass is 316 g/mol. The molecule has 0 radical (unpaired) electrons. The zero-order valence-corrected chi connectivity index (χ0v) is 13.5. The Morgan fingerprint density at radius 1 is 1.39 bits per heavy atom. The van der Waals surface area contributed by atoms with Gasteiger partial charge in [-0.05, 0) is 36.1 Å². The van der Waals surface area contributed by atoms with E-state index in [1.54, 1.807) is 6.26 Å². The molecular weight excluding hydrogens is 296 g/mol. The van der Waals surface area contributed by atoms with Gasteiger partial charge in [-0.2, -0.15) is 0 Å². The Morgan fingerprint density at radius 2 is 2.17 bits per heavy atom. The van der Waals surface area contributed by atoms with E-state index in [0.29, 0.717) is 18.9 Å². The van der Waals surface area contributed by atoms with Crippen LogP contribution in [0, 0.1) is 6.92 Å². The number of furan rings is 1. The third kappa shape index (κ3) is 3.09. The molecule has 2 aromatic rings. The van der Waals surface area contributed by atoms with Gasteiger partial charge in [0.2, 0.25) is 6.10 Å². The van der Waals surface area contributed by atoms with Crippen LogP contribution < -0.4 is 0 Å². The molecule has 2 heterocycles. The molecule has 122 valence electrons. The van der Waals surface area contributed by atoms with E-state index in [4.69, 9.17) is 13.9 Å².